The number of aliphatic carboxylic acids is 1. The number of carboxylic acid groups (broad SMARTS) is 1. The molecule has 1 amide bonds. The van der Waals surface area contributed by atoms with Crippen LogP contribution >= 0.6 is 22.6 Å². The average molecular weight is 401 g/mol. The maximum Gasteiger partial charge on any atom is 0.303 e. The Kier molecular flexibility index (Phi) is 5.61. The average Bonchev–Trinajstić information content (AvgIpc) is 2.41. The van der Waals surface area contributed by atoms with E-state index in [0.29, 0.717) is 6.42 Å². The molecule has 1 fully saturated rings. The Labute approximate surface area is 138 Å². The van der Waals surface area contributed by atoms with Gasteiger partial charge >= 0.3 is 5.97 Å². The van der Waals surface area contributed by atoms with E-state index in [2.05, 4.69) is 27.9 Å². The Morgan fingerprint density at radius 3 is 2.43 bits per heavy atom. The van der Waals surface area contributed by atoms with Crippen molar-refractivity contribution in [3.05, 3.63) is 27.8 Å². The molecule has 0 saturated heterocycles. The topological polar surface area (TPSA) is 66.4 Å². The van der Waals surface area contributed by atoms with E-state index >= 15 is 0 Å². The number of carbonyl (C=O) groups excluding carboxylic acids is 1. The van der Waals surface area contributed by atoms with E-state index in [1.165, 1.54) is 0 Å². The molecule has 2 rings (SSSR count). The molecule has 1 aromatic carbocycles. The summed E-state index contributed by atoms with van der Waals surface area (Å²) < 4.78 is 0.986. The molecule has 0 spiro atoms. The zero-order valence-electron chi connectivity index (χ0n) is 11.9. The minimum Gasteiger partial charge on any atom is -0.481 e. The van der Waals surface area contributed by atoms with Crippen LogP contribution in [-0.4, -0.2) is 17.0 Å². The molecule has 2 N–H and O–H groups in total. The highest BCUT2D eigenvalue weighted by Gasteiger charge is 2.36. The Morgan fingerprint density at radius 2 is 1.81 bits per heavy atom. The number of amides is 1. The second-order valence-corrected chi connectivity index (χ2v) is 7.00. The lowest BCUT2D eigenvalue weighted by Crippen LogP contribution is -2.32. The van der Waals surface area contributed by atoms with Crippen molar-refractivity contribution in [2.75, 3.05) is 5.32 Å². The van der Waals surface area contributed by atoms with Crippen LogP contribution in [0.2, 0.25) is 0 Å². The summed E-state index contributed by atoms with van der Waals surface area (Å²) in [5.74, 6) is -0.888. The molecule has 1 aliphatic rings. The van der Waals surface area contributed by atoms with Crippen LogP contribution in [0, 0.1) is 8.99 Å². The summed E-state index contributed by atoms with van der Waals surface area (Å²) in [7, 11) is 0. The molecule has 4 nitrogen and oxygen atoms in total. The van der Waals surface area contributed by atoms with Crippen molar-refractivity contribution < 1.29 is 14.7 Å². The number of benzene rings is 1. The number of rotatable bonds is 5. The van der Waals surface area contributed by atoms with Crippen LogP contribution in [0.5, 0.6) is 0 Å². The van der Waals surface area contributed by atoms with Crippen LogP contribution < -0.4 is 5.32 Å². The van der Waals surface area contributed by atoms with Crippen LogP contribution in [0.3, 0.4) is 0 Å². The van der Waals surface area contributed by atoms with Crippen LogP contribution in [0.1, 0.15) is 44.9 Å². The van der Waals surface area contributed by atoms with Gasteiger partial charge in [-0.1, -0.05) is 31.4 Å². The van der Waals surface area contributed by atoms with Gasteiger partial charge in [0.25, 0.3) is 0 Å². The first-order valence-electron chi connectivity index (χ1n) is 7.27. The Hall–Kier alpha value is -1.11. The number of hydrogen-bond donors (Lipinski definition) is 2. The maximum absolute atomic E-state index is 12.3. The van der Waals surface area contributed by atoms with Crippen molar-refractivity contribution in [3.63, 3.8) is 0 Å². The van der Waals surface area contributed by atoms with Gasteiger partial charge < -0.3 is 10.4 Å². The van der Waals surface area contributed by atoms with Crippen molar-refractivity contribution >= 4 is 40.2 Å². The number of anilines is 1. The number of nitrogens with one attached hydrogen (secondary N) is 1. The van der Waals surface area contributed by atoms with Gasteiger partial charge in [0.1, 0.15) is 0 Å². The fourth-order valence-electron chi connectivity index (χ4n) is 3.14. The molecule has 1 aliphatic carbocycles. The second-order valence-electron chi connectivity index (χ2n) is 5.84. The monoisotopic (exact) mass is 401 g/mol. The van der Waals surface area contributed by atoms with Crippen LogP contribution in [0.25, 0.3) is 0 Å². The third-order valence-electron chi connectivity index (χ3n) is 4.12. The lowest BCUT2D eigenvalue weighted by atomic mass is 9.69. The number of carbonyl (C=O) groups is 2. The van der Waals surface area contributed by atoms with E-state index < -0.39 is 5.97 Å². The summed E-state index contributed by atoms with van der Waals surface area (Å²) in [6.07, 6.45) is 5.22. The predicted molar refractivity (Wildman–Crippen MR) is 90.2 cm³/mol. The summed E-state index contributed by atoms with van der Waals surface area (Å²) in [6.45, 7) is 0. The third kappa shape index (κ3) is 4.69. The molecule has 0 aromatic heterocycles. The van der Waals surface area contributed by atoms with E-state index in [0.717, 1.165) is 41.4 Å². The minimum atomic E-state index is -0.806. The summed E-state index contributed by atoms with van der Waals surface area (Å²) in [6, 6.07) is 7.60. The molecule has 21 heavy (non-hydrogen) atoms. The first kappa shape index (κ1) is 16.3. The molecule has 0 atom stereocenters. The molecular formula is C16H20INO3. The zero-order chi connectivity index (χ0) is 15.3. The van der Waals surface area contributed by atoms with Gasteiger partial charge in [0.05, 0.1) is 12.1 Å². The first-order chi connectivity index (χ1) is 10.0. The SMILES string of the molecule is O=C(O)CC1(CC(=O)Nc2ccccc2I)CCCCC1. The first-order valence-corrected chi connectivity index (χ1v) is 8.35. The van der Waals surface area contributed by atoms with Gasteiger partial charge in [-0.05, 0) is 53.0 Å². The lowest BCUT2D eigenvalue weighted by molar-refractivity contribution is -0.140. The van der Waals surface area contributed by atoms with Gasteiger partial charge in [0, 0.05) is 9.99 Å². The van der Waals surface area contributed by atoms with Crippen LogP contribution in [0.4, 0.5) is 5.69 Å². The zero-order valence-corrected chi connectivity index (χ0v) is 14.1. The van der Waals surface area contributed by atoms with Gasteiger partial charge in [0.15, 0.2) is 0 Å². The standard InChI is InChI=1S/C16H20INO3/c17-12-6-2-3-7-13(12)18-14(19)10-16(11-15(20)21)8-4-1-5-9-16/h2-3,6-7H,1,4-5,8-11H2,(H,18,19)(H,20,21). The van der Waals surface area contributed by atoms with Gasteiger partial charge in [-0.15, -0.1) is 0 Å². The van der Waals surface area contributed by atoms with Gasteiger partial charge in [-0.2, -0.15) is 0 Å². The number of hydrogen-bond acceptors (Lipinski definition) is 2. The van der Waals surface area contributed by atoms with E-state index in [9.17, 15) is 9.59 Å². The third-order valence-corrected chi connectivity index (χ3v) is 5.06. The molecule has 0 bridgehead atoms. The molecule has 0 aliphatic heterocycles. The molecule has 1 saturated carbocycles. The predicted octanol–water partition coefficient (Wildman–Crippen LogP) is 4.05. The Balaban J connectivity index is 2.04. The van der Waals surface area contributed by atoms with Crippen LogP contribution in [0.15, 0.2) is 24.3 Å². The van der Waals surface area contributed by atoms with E-state index in [1.807, 2.05) is 24.3 Å². The number of carboxylic acids is 1. The fourth-order valence-corrected chi connectivity index (χ4v) is 3.66. The highest BCUT2D eigenvalue weighted by Crippen LogP contribution is 2.42. The maximum atomic E-state index is 12.3. The largest absolute Gasteiger partial charge is 0.481 e. The molecule has 5 heteroatoms. The second kappa shape index (κ2) is 7.24. The van der Waals surface area contributed by atoms with Crippen molar-refractivity contribution in [2.24, 2.45) is 5.41 Å². The molecule has 0 radical (unpaired) electrons. The summed E-state index contributed by atoms with van der Waals surface area (Å²) >= 11 is 2.18. The van der Waals surface area contributed by atoms with Gasteiger partial charge in [-0.25, -0.2) is 0 Å². The Morgan fingerprint density at radius 1 is 1.14 bits per heavy atom. The van der Waals surface area contributed by atoms with Crippen molar-refractivity contribution in [2.45, 2.75) is 44.9 Å². The number of para-hydroxylation sites is 1. The highest BCUT2D eigenvalue weighted by atomic mass is 127. The minimum absolute atomic E-state index is 0.0812. The molecule has 114 valence electrons. The van der Waals surface area contributed by atoms with Crippen molar-refractivity contribution in [1.82, 2.24) is 0 Å². The van der Waals surface area contributed by atoms with Crippen molar-refractivity contribution in [1.29, 1.82) is 0 Å². The van der Waals surface area contributed by atoms with E-state index in [-0.39, 0.29) is 17.7 Å². The molecule has 0 heterocycles. The fraction of sp³-hybridized carbons (Fsp3) is 0.500. The molecule has 0 unspecified atom stereocenters. The summed E-state index contributed by atoms with van der Waals surface area (Å²) in [5, 5.41) is 12.1. The number of halogens is 1. The lowest BCUT2D eigenvalue weighted by Gasteiger charge is -2.35. The molecular weight excluding hydrogens is 381 g/mol. The van der Waals surface area contributed by atoms with Crippen LogP contribution in [-0.2, 0) is 9.59 Å². The smallest absolute Gasteiger partial charge is 0.303 e. The van der Waals surface area contributed by atoms with Gasteiger partial charge in [-0.3, -0.25) is 9.59 Å². The molecule has 1 aromatic rings. The normalized spacial score (nSPS) is 17.2. The quantitative estimate of drug-likeness (QED) is 0.732. The highest BCUT2D eigenvalue weighted by molar-refractivity contribution is 14.1. The Bertz CT molecular complexity index is 524. The summed E-state index contributed by atoms with van der Waals surface area (Å²) in [5.41, 5.74) is 0.429. The van der Waals surface area contributed by atoms with E-state index in [4.69, 9.17) is 5.11 Å². The van der Waals surface area contributed by atoms with Gasteiger partial charge in [0.2, 0.25) is 5.91 Å². The van der Waals surface area contributed by atoms with E-state index in [1.54, 1.807) is 0 Å². The van der Waals surface area contributed by atoms with Crippen molar-refractivity contribution in [3.8, 4) is 0 Å². The summed E-state index contributed by atoms with van der Waals surface area (Å²) in [4.78, 5) is 23.4.